The van der Waals surface area contributed by atoms with Crippen molar-refractivity contribution in [2.24, 2.45) is 5.92 Å². The number of nitrogens with zero attached hydrogens (tertiary/aromatic N) is 1. The molecule has 1 saturated carbocycles. The Morgan fingerprint density at radius 3 is 2.47 bits per heavy atom. The first-order valence-corrected chi connectivity index (χ1v) is 5.39. The molecule has 2 fully saturated rings. The first-order valence-electron chi connectivity index (χ1n) is 5.39. The fourth-order valence-electron chi connectivity index (χ4n) is 2.24. The summed E-state index contributed by atoms with van der Waals surface area (Å²) in [5, 5.41) is 2.52. The van der Waals surface area contributed by atoms with Crippen molar-refractivity contribution in [2.45, 2.75) is 31.5 Å². The van der Waals surface area contributed by atoms with Crippen LogP contribution in [0.25, 0.3) is 0 Å². The van der Waals surface area contributed by atoms with Gasteiger partial charge >= 0.3 is 6.18 Å². The number of carbonyl (C=O) groups is 2. The lowest BCUT2D eigenvalue weighted by atomic mass is 9.91. The van der Waals surface area contributed by atoms with Crippen LogP contribution in [0.15, 0.2) is 0 Å². The first-order chi connectivity index (χ1) is 7.72. The van der Waals surface area contributed by atoms with Crippen LogP contribution in [0.1, 0.15) is 19.8 Å². The van der Waals surface area contributed by atoms with Gasteiger partial charge in [-0.25, -0.2) is 0 Å². The summed E-state index contributed by atoms with van der Waals surface area (Å²) >= 11 is 0. The van der Waals surface area contributed by atoms with Gasteiger partial charge in [-0.05, 0) is 25.7 Å². The summed E-state index contributed by atoms with van der Waals surface area (Å²) < 4.78 is 36.9. The van der Waals surface area contributed by atoms with Crippen LogP contribution in [0.4, 0.5) is 13.2 Å². The van der Waals surface area contributed by atoms with E-state index in [0.29, 0.717) is 4.90 Å². The minimum atomic E-state index is -4.47. The second-order valence-corrected chi connectivity index (χ2v) is 4.80. The molecule has 1 aliphatic heterocycles. The summed E-state index contributed by atoms with van der Waals surface area (Å²) in [4.78, 5) is 23.9. The van der Waals surface area contributed by atoms with Crippen molar-refractivity contribution in [3.63, 3.8) is 0 Å². The van der Waals surface area contributed by atoms with Gasteiger partial charge in [0, 0.05) is 0 Å². The van der Waals surface area contributed by atoms with Crippen LogP contribution >= 0.6 is 0 Å². The fourth-order valence-corrected chi connectivity index (χ4v) is 2.24. The molecule has 1 heterocycles. The highest BCUT2D eigenvalue weighted by atomic mass is 19.4. The van der Waals surface area contributed by atoms with Crippen LogP contribution in [0, 0.1) is 5.92 Å². The van der Waals surface area contributed by atoms with Crippen molar-refractivity contribution in [3.8, 4) is 0 Å². The Balaban J connectivity index is 2.17. The van der Waals surface area contributed by atoms with E-state index in [0.717, 1.165) is 12.8 Å². The van der Waals surface area contributed by atoms with E-state index >= 15 is 0 Å². The average Bonchev–Trinajstić information content (AvgIpc) is 2.93. The predicted molar refractivity (Wildman–Crippen MR) is 51.9 cm³/mol. The summed E-state index contributed by atoms with van der Waals surface area (Å²) in [6.07, 6.45) is -2.94. The Kier molecular flexibility index (Phi) is 2.59. The molecule has 1 N–H and O–H groups in total. The number of nitrogens with one attached hydrogen (secondary N) is 1. The van der Waals surface area contributed by atoms with E-state index in [1.165, 1.54) is 6.92 Å². The number of piperazine rings is 1. The topological polar surface area (TPSA) is 49.4 Å². The van der Waals surface area contributed by atoms with Gasteiger partial charge in [0.2, 0.25) is 11.8 Å². The van der Waals surface area contributed by atoms with Gasteiger partial charge in [-0.1, -0.05) is 0 Å². The van der Waals surface area contributed by atoms with Gasteiger partial charge in [-0.3, -0.25) is 9.59 Å². The molecule has 2 aliphatic rings. The molecule has 4 nitrogen and oxygen atoms in total. The largest absolute Gasteiger partial charge is 0.406 e. The van der Waals surface area contributed by atoms with Crippen LogP contribution in [-0.2, 0) is 9.59 Å². The molecule has 1 saturated heterocycles. The molecule has 0 aromatic carbocycles. The highest BCUT2D eigenvalue weighted by Crippen LogP contribution is 2.41. The molecular weight excluding hydrogens is 237 g/mol. The lowest BCUT2D eigenvalue weighted by molar-refractivity contribution is -0.172. The van der Waals surface area contributed by atoms with Crippen molar-refractivity contribution in [1.82, 2.24) is 10.2 Å². The monoisotopic (exact) mass is 250 g/mol. The van der Waals surface area contributed by atoms with Gasteiger partial charge in [0.15, 0.2) is 0 Å². The Bertz CT molecular complexity index is 365. The van der Waals surface area contributed by atoms with Crippen LogP contribution in [0.3, 0.4) is 0 Å². The number of halogens is 3. The molecule has 1 unspecified atom stereocenters. The number of carbonyl (C=O) groups excluding carboxylic acids is 2. The lowest BCUT2D eigenvalue weighted by Gasteiger charge is -2.40. The summed E-state index contributed by atoms with van der Waals surface area (Å²) in [6, 6.07) is 0. The van der Waals surface area contributed by atoms with Gasteiger partial charge in [0.1, 0.15) is 12.1 Å². The van der Waals surface area contributed by atoms with E-state index in [9.17, 15) is 22.8 Å². The third-order valence-corrected chi connectivity index (χ3v) is 3.23. The molecule has 2 rings (SSSR count). The van der Waals surface area contributed by atoms with E-state index in [4.69, 9.17) is 0 Å². The molecule has 0 aromatic heterocycles. The Labute approximate surface area is 96.1 Å². The van der Waals surface area contributed by atoms with Crippen molar-refractivity contribution in [3.05, 3.63) is 0 Å². The van der Waals surface area contributed by atoms with Crippen LogP contribution in [0.2, 0.25) is 0 Å². The summed E-state index contributed by atoms with van der Waals surface area (Å²) in [5.74, 6) is -1.19. The van der Waals surface area contributed by atoms with E-state index in [1.54, 1.807) is 0 Å². The predicted octanol–water partition coefficient (Wildman–Crippen LogP) is 0.676. The first kappa shape index (κ1) is 12.2. The third-order valence-electron chi connectivity index (χ3n) is 3.23. The van der Waals surface area contributed by atoms with Gasteiger partial charge < -0.3 is 10.2 Å². The molecule has 1 atom stereocenters. The fraction of sp³-hybridized carbons (Fsp3) is 0.800. The Hall–Kier alpha value is -1.27. The maximum Gasteiger partial charge on any atom is 0.406 e. The van der Waals surface area contributed by atoms with E-state index in [-0.39, 0.29) is 5.92 Å². The zero-order chi connectivity index (χ0) is 12.8. The van der Waals surface area contributed by atoms with Crippen LogP contribution in [-0.4, -0.2) is 41.5 Å². The van der Waals surface area contributed by atoms with Gasteiger partial charge in [0.25, 0.3) is 0 Å². The van der Waals surface area contributed by atoms with Crippen molar-refractivity contribution in [1.29, 1.82) is 0 Å². The van der Waals surface area contributed by atoms with E-state index in [1.807, 2.05) is 0 Å². The SMILES string of the molecule is CC1(C2CC2)NC(=O)CN(CC(F)(F)F)C1=O. The zero-order valence-corrected chi connectivity index (χ0v) is 9.30. The maximum atomic E-state index is 12.3. The van der Waals surface area contributed by atoms with Gasteiger partial charge in [0.05, 0.1) is 6.54 Å². The molecule has 17 heavy (non-hydrogen) atoms. The zero-order valence-electron chi connectivity index (χ0n) is 9.30. The lowest BCUT2D eigenvalue weighted by Crippen LogP contribution is -2.67. The van der Waals surface area contributed by atoms with Crippen molar-refractivity contribution >= 4 is 11.8 Å². The molecule has 0 aromatic rings. The molecular formula is C10H13F3N2O2. The number of amides is 2. The molecule has 0 spiro atoms. The van der Waals surface area contributed by atoms with Gasteiger partial charge in [-0.15, -0.1) is 0 Å². The van der Waals surface area contributed by atoms with Crippen LogP contribution in [0.5, 0.6) is 0 Å². The van der Waals surface area contributed by atoms with Crippen molar-refractivity contribution in [2.75, 3.05) is 13.1 Å². The minimum absolute atomic E-state index is 0.0324. The molecule has 1 aliphatic carbocycles. The summed E-state index contributed by atoms with van der Waals surface area (Å²) in [6.45, 7) is -0.365. The molecule has 0 radical (unpaired) electrons. The molecule has 7 heteroatoms. The van der Waals surface area contributed by atoms with E-state index < -0.39 is 36.6 Å². The third kappa shape index (κ3) is 2.37. The summed E-state index contributed by atoms with van der Waals surface area (Å²) in [5.41, 5.74) is -1.15. The molecule has 2 amide bonds. The second kappa shape index (κ2) is 3.61. The van der Waals surface area contributed by atoms with Gasteiger partial charge in [-0.2, -0.15) is 13.2 Å². The quantitative estimate of drug-likeness (QED) is 0.783. The van der Waals surface area contributed by atoms with Crippen LogP contribution < -0.4 is 5.32 Å². The normalized spacial score (nSPS) is 30.5. The molecule has 0 bridgehead atoms. The summed E-state index contributed by atoms with van der Waals surface area (Å²) in [7, 11) is 0. The Morgan fingerprint density at radius 1 is 1.41 bits per heavy atom. The molecule has 96 valence electrons. The minimum Gasteiger partial charge on any atom is -0.340 e. The van der Waals surface area contributed by atoms with E-state index in [2.05, 4.69) is 5.32 Å². The second-order valence-electron chi connectivity index (χ2n) is 4.80. The Morgan fingerprint density at radius 2 is 2.00 bits per heavy atom. The van der Waals surface area contributed by atoms with Crippen molar-refractivity contribution < 1.29 is 22.8 Å². The number of hydrogen-bond acceptors (Lipinski definition) is 2. The standard InChI is InChI=1S/C10H13F3N2O2/c1-9(6-2-3-6)8(17)15(4-7(16)14-9)5-10(11,12)13/h6H,2-5H2,1H3,(H,14,16). The number of hydrogen-bond donors (Lipinski definition) is 1. The highest BCUT2D eigenvalue weighted by molar-refractivity contribution is 5.98. The number of alkyl halides is 3. The average molecular weight is 250 g/mol. The number of rotatable bonds is 2. The highest BCUT2D eigenvalue weighted by Gasteiger charge is 2.53. The maximum absolute atomic E-state index is 12.3. The smallest absolute Gasteiger partial charge is 0.340 e.